The number of hydrogen-bond donors (Lipinski definition) is 1. The number of thiophene rings is 1. The minimum Gasteiger partial charge on any atom is -0.337 e. The summed E-state index contributed by atoms with van der Waals surface area (Å²) in [4.78, 5) is 32.3. The number of nitrogens with one attached hydrogen (secondary N) is 1. The molecule has 0 radical (unpaired) electrons. The van der Waals surface area contributed by atoms with Crippen LogP contribution < -0.4 is 16.6 Å². The minimum atomic E-state index is -0.321. The second-order valence-electron chi connectivity index (χ2n) is 7.67. The summed E-state index contributed by atoms with van der Waals surface area (Å²) in [6.07, 6.45) is 2.15. The lowest BCUT2D eigenvalue weighted by Gasteiger charge is -2.24. The SMILES string of the molecule is CCc1noc(Cn2c(=O)n(C3CCNCC3)c(=O)c3sc(-c4ccccc4)cc32)n1. The molecule has 0 aliphatic carbocycles. The van der Waals surface area contributed by atoms with Gasteiger partial charge in [-0.2, -0.15) is 4.98 Å². The average Bonchev–Trinajstić information content (AvgIpc) is 3.45. The fraction of sp³-hybridized carbons (Fsp3) is 0.364. The van der Waals surface area contributed by atoms with E-state index in [0.29, 0.717) is 28.4 Å². The quantitative estimate of drug-likeness (QED) is 0.516. The number of benzene rings is 1. The first-order valence-corrected chi connectivity index (χ1v) is 11.3. The molecule has 1 fully saturated rings. The molecule has 1 aliphatic heterocycles. The van der Waals surface area contributed by atoms with Gasteiger partial charge in [-0.05, 0) is 37.6 Å². The summed E-state index contributed by atoms with van der Waals surface area (Å²) in [5.74, 6) is 0.962. The molecule has 0 spiro atoms. The van der Waals surface area contributed by atoms with Crippen LogP contribution in [0.15, 0.2) is 50.5 Å². The summed E-state index contributed by atoms with van der Waals surface area (Å²) in [5.41, 5.74) is 1.09. The molecule has 0 amide bonds. The van der Waals surface area contributed by atoms with Gasteiger partial charge in [-0.1, -0.05) is 42.4 Å². The third-order valence-corrected chi connectivity index (χ3v) is 6.87. The van der Waals surface area contributed by atoms with Crippen LogP contribution in [0.2, 0.25) is 0 Å². The molecule has 9 heteroatoms. The lowest BCUT2D eigenvalue weighted by Crippen LogP contribution is -2.45. The highest BCUT2D eigenvalue weighted by Gasteiger charge is 2.24. The van der Waals surface area contributed by atoms with Crippen LogP contribution in [0.4, 0.5) is 0 Å². The summed E-state index contributed by atoms with van der Waals surface area (Å²) in [6.45, 7) is 3.66. The summed E-state index contributed by atoms with van der Waals surface area (Å²) < 4.78 is 8.97. The maximum absolute atomic E-state index is 13.5. The van der Waals surface area contributed by atoms with Crippen molar-refractivity contribution in [2.75, 3.05) is 13.1 Å². The van der Waals surface area contributed by atoms with Crippen molar-refractivity contribution in [3.8, 4) is 10.4 Å². The van der Waals surface area contributed by atoms with E-state index in [1.807, 2.05) is 43.3 Å². The van der Waals surface area contributed by atoms with Gasteiger partial charge in [0.1, 0.15) is 11.2 Å². The van der Waals surface area contributed by atoms with Gasteiger partial charge in [0.15, 0.2) is 5.82 Å². The number of fused-ring (bicyclic) bond motifs is 1. The monoisotopic (exact) mass is 437 g/mol. The number of nitrogens with zero attached hydrogens (tertiary/aromatic N) is 4. The van der Waals surface area contributed by atoms with Crippen LogP contribution in [0.3, 0.4) is 0 Å². The van der Waals surface area contributed by atoms with Crippen molar-refractivity contribution in [2.45, 2.75) is 38.8 Å². The number of piperidine rings is 1. The summed E-state index contributed by atoms with van der Waals surface area (Å²) in [7, 11) is 0. The van der Waals surface area contributed by atoms with Crippen LogP contribution in [0, 0.1) is 0 Å². The van der Waals surface area contributed by atoms with Gasteiger partial charge < -0.3 is 9.84 Å². The first kappa shape index (κ1) is 19.9. The molecular weight excluding hydrogens is 414 g/mol. The largest absolute Gasteiger partial charge is 0.337 e. The maximum atomic E-state index is 13.5. The van der Waals surface area contributed by atoms with E-state index in [1.54, 1.807) is 4.57 Å². The van der Waals surface area contributed by atoms with Crippen molar-refractivity contribution in [3.63, 3.8) is 0 Å². The zero-order valence-corrected chi connectivity index (χ0v) is 18.0. The molecule has 3 aromatic heterocycles. The number of aryl methyl sites for hydroxylation is 1. The van der Waals surface area contributed by atoms with Gasteiger partial charge in [-0.3, -0.25) is 13.9 Å². The predicted octanol–water partition coefficient (Wildman–Crippen LogP) is 2.81. The molecule has 0 saturated carbocycles. The smallest absolute Gasteiger partial charge is 0.332 e. The Bertz CT molecular complexity index is 1330. The van der Waals surface area contributed by atoms with E-state index in [2.05, 4.69) is 15.5 Å². The van der Waals surface area contributed by atoms with Gasteiger partial charge in [0, 0.05) is 17.3 Å². The van der Waals surface area contributed by atoms with Crippen molar-refractivity contribution >= 4 is 21.6 Å². The van der Waals surface area contributed by atoms with Crippen LogP contribution in [-0.2, 0) is 13.0 Å². The third-order valence-electron chi connectivity index (χ3n) is 5.71. The van der Waals surface area contributed by atoms with Crippen molar-refractivity contribution in [1.82, 2.24) is 24.6 Å². The molecule has 4 heterocycles. The zero-order chi connectivity index (χ0) is 21.4. The summed E-state index contributed by atoms with van der Waals surface area (Å²) in [6, 6.07) is 11.7. The van der Waals surface area contributed by atoms with E-state index >= 15 is 0 Å². The van der Waals surface area contributed by atoms with E-state index < -0.39 is 0 Å². The topological polar surface area (TPSA) is 95.0 Å². The third kappa shape index (κ3) is 3.64. The molecule has 0 unspecified atom stereocenters. The Balaban J connectivity index is 1.72. The lowest BCUT2D eigenvalue weighted by molar-refractivity contribution is 0.338. The molecule has 0 bridgehead atoms. The summed E-state index contributed by atoms with van der Waals surface area (Å²) >= 11 is 1.42. The number of hydrogen-bond acceptors (Lipinski definition) is 7. The van der Waals surface area contributed by atoms with Crippen molar-refractivity contribution in [3.05, 3.63) is 69.0 Å². The van der Waals surface area contributed by atoms with Gasteiger partial charge in [-0.25, -0.2) is 4.79 Å². The highest BCUT2D eigenvalue weighted by Crippen LogP contribution is 2.32. The van der Waals surface area contributed by atoms with E-state index in [1.165, 1.54) is 15.9 Å². The molecule has 1 N–H and O–H groups in total. The Morgan fingerprint density at radius 3 is 2.68 bits per heavy atom. The van der Waals surface area contributed by atoms with Crippen LogP contribution in [-0.4, -0.2) is 32.4 Å². The predicted molar refractivity (Wildman–Crippen MR) is 120 cm³/mol. The van der Waals surface area contributed by atoms with Crippen LogP contribution in [0.5, 0.6) is 0 Å². The molecule has 0 atom stereocenters. The Labute approximate surface area is 182 Å². The van der Waals surface area contributed by atoms with Gasteiger partial charge in [0.05, 0.1) is 5.52 Å². The normalized spacial score (nSPS) is 15.0. The van der Waals surface area contributed by atoms with Crippen LogP contribution in [0.25, 0.3) is 20.7 Å². The van der Waals surface area contributed by atoms with Crippen LogP contribution in [0.1, 0.15) is 37.5 Å². The number of aromatic nitrogens is 4. The molecule has 1 aliphatic rings. The Morgan fingerprint density at radius 2 is 1.97 bits per heavy atom. The lowest BCUT2D eigenvalue weighted by atomic mass is 10.1. The second-order valence-corrected chi connectivity index (χ2v) is 8.73. The van der Waals surface area contributed by atoms with E-state index in [9.17, 15) is 9.59 Å². The molecule has 1 saturated heterocycles. The average molecular weight is 438 g/mol. The van der Waals surface area contributed by atoms with Crippen molar-refractivity contribution in [2.24, 2.45) is 0 Å². The Morgan fingerprint density at radius 1 is 1.19 bits per heavy atom. The second kappa shape index (κ2) is 8.24. The Hall–Kier alpha value is -3.04. The van der Waals surface area contributed by atoms with Gasteiger partial charge in [0.2, 0.25) is 5.89 Å². The molecule has 160 valence electrons. The molecule has 8 nitrogen and oxygen atoms in total. The Kier molecular flexibility index (Phi) is 5.29. The molecule has 4 aromatic rings. The highest BCUT2D eigenvalue weighted by atomic mass is 32.1. The molecule has 5 rings (SSSR count). The van der Waals surface area contributed by atoms with E-state index in [4.69, 9.17) is 4.52 Å². The van der Waals surface area contributed by atoms with Crippen molar-refractivity contribution in [1.29, 1.82) is 0 Å². The van der Waals surface area contributed by atoms with E-state index in [-0.39, 0.29) is 23.8 Å². The van der Waals surface area contributed by atoms with Crippen molar-refractivity contribution < 1.29 is 4.52 Å². The molecular formula is C22H23N5O3S. The minimum absolute atomic E-state index is 0.118. The standard InChI is InChI=1S/C22H23N5O3S/c1-2-18-24-19(30-25-18)13-26-16-12-17(14-6-4-3-5-7-14)31-20(16)21(28)27(22(26)29)15-8-10-23-11-9-15/h3-7,12,15,23H,2,8-11,13H2,1H3. The van der Waals surface area contributed by atoms with Gasteiger partial charge in [-0.15, -0.1) is 11.3 Å². The first-order valence-electron chi connectivity index (χ1n) is 10.5. The van der Waals surface area contributed by atoms with Gasteiger partial charge in [0.25, 0.3) is 5.56 Å². The fourth-order valence-electron chi connectivity index (χ4n) is 4.08. The molecule has 31 heavy (non-hydrogen) atoms. The van der Waals surface area contributed by atoms with E-state index in [0.717, 1.165) is 36.4 Å². The number of rotatable bonds is 5. The fourth-order valence-corrected chi connectivity index (χ4v) is 5.19. The first-order chi connectivity index (χ1) is 15.2. The maximum Gasteiger partial charge on any atom is 0.332 e. The molecule has 1 aromatic carbocycles. The highest BCUT2D eigenvalue weighted by molar-refractivity contribution is 7.22. The summed E-state index contributed by atoms with van der Waals surface area (Å²) in [5, 5.41) is 7.24. The van der Waals surface area contributed by atoms with Crippen LogP contribution >= 0.6 is 11.3 Å². The van der Waals surface area contributed by atoms with Gasteiger partial charge >= 0.3 is 5.69 Å². The zero-order valence-electron chi connectivity index (χ0n) is 17.2.